The Morgan fingerprint density at radius 3 is 0.958 bits per heavy atom. The Morgan fingerprint density at radius 1 is 0.218 bits per heavy atom. The molecule has 0 saturated heterocycles. The second-order valence-corrected chi connectivity index (χ2v) is 33.2. The van der Waals surface area contributed by atoms with Crippen molar-refractivity contribution in [3.05, 3.63) is 406 Å². The smallest absolute Gasteiger partial charge is 0.123 e. The highest BCUT2D eigenvalue weighted by Gasteiger charge is 2.38. The molecule has 0 bridgehead atoms. The zero-order valence-electron chi connectivity index (χ0n) is 69.4. The quantitative estimate of drug-likeness (QED) is 0.0561. The van der Waals surface area contributed by atoms with Gasteiger partial charge in [-0.1, -0.05) is 317 Å². The lowest BCUT2D eigenvalue weighted by atomic mass is 9.65. The van der Waals surface area contributed by atoms with E-state index in [2.05, 4.69) is 102 Å². The van der Waals surface area contributed by atoms with Gasteiger partial charge in [0.25, 0.3) is 0 Å². The van der Waals surface area contributed by atoms with Gasteiger partial charge in [0.2, 0.25) is 0 Å². The van der Waals surface area contributed by atoms with Gasteiger partial charge >= 0.3 is 0 Å². The molecular weight excluding hydrogens is 1470 g/mol. The molecule has 2 saturated carbocycles. The molecule has 15 aromatic carbocycles. The fourth-order valence-electron chi connectivity index (χ4n) is 16.8. The lowest BCUT2D eigenvalue weighted by molar-refractivity contribution is 0.344. The van der Waals surface area contributed by atoms with Crippen molar-refractivity contribution in [1.82, 2.24) is 0 Å². The molecule has 2 aliphatic carbocycles. The third-order valence-corrected chi connectivity index (χ3v) is 24.3. The predicted molar refractivity (Wildman–Crippen MR) is 487 cm³/mol. The van der Waals surface area contributed by atoms with Gasteiger partial charge in [0.1, 0.15) is 57.5 Å². The summed E-state index contributed by atoms with van der Waals surface area (Å²) in [6.07, 6.45) is 12.0. The van der Waals surface area contributed by atoms with Gasteiger partial charge in [0.15, 0.2) is 0 Å². The van der Waals surface area contributed by atoms with Crippen LogP contribution in [-0.4, -0.2) is 51.1 Å². The third-order valence-electron chi connectivity index (χ3n) is 24.3. The van der Waals surface area contributed by atoms with Crippen molar-refractivity contribution < 1.29 is 51.1 Å². The molecular formula is C109H110O10. The summed E-state index contributed by atoms with van der Waals surface area (Å²) in [7, 11) is 0. The van der Waals surface area contributed by atoms with Crippen LogP contribution in [0.4, 0.5) is 0 Å². The van der Waals surface area contributed by atoms with Gasteiger partial charge in [-0.2, -0.15) is 0 Å². The van der Waals surface area contributed by atoms with Crippen LogP contribution in [0.15, 0.2) is 340 Å². The highest BCUT2D eigenvalue weighted by atomic mass is 16.3. The average molecular weight is 1580 g/mol. The normalized spacial score (nSPS) is 13.5. The number of phenols is 10. The van der Waals surface area contributed by atoms with Crippen molar-refractivity contribution in [2.75, 3.05) is 0 Å². The van der Waals surface area contributed by atoms with Crippen molar-refractivity contribution in [2.24, 2.45) is 0 Å². The zero-order chi connectivity index (χ0) is 84.5. The van der Waals surface area contributed by atoms with Gasteiger partial charge in [-0.25, -0.2) is 0 Å². The Kier molecular flexibility index (Phi) is 27.1. The number of rotatable bonds is 12. The number of hydrogen-bond donors (Lipinski definition) is 10. The Bertz CT molecular complexity index is 5570. The number of benzene rings is 15. The van der Waals surface area contributed by atoms with E-state index in [0.717, 1.165) is 103 Å². The summed E-state index contributed by atoms with van der Waals surface area (Å²) in [5, 5.41) is 101. The maximum atomic E-state index is 10.4. The molecule has 17 rings (SSSR count). The zero-order valence-corrected chi connectivity index (χ0v) is 69.4. The minimum Gasteiger partial charge on any atom is -0.508 e. The molecule has 15 aromatic rings. The van der Waals surface area contributed by atoms with E-state index in [1.165, 1.54) is 71.9 Å². The summed E-state index contributed by atoms with van der Waals surface area (Å²) < 4.78 is 0. The lowest BCUT2D eigenvalue weighted by Crippen LogP contribution is -2.30. The van der Waals surface area contributed by atoms with E-state index in [1.807, 2.05) is 214 Å². The molecule has 2 aliphatic rings. The molecule has 0 aromatic heterocycles. The number of fused-ring (bicyclic) bond motifs is 2. The maximum absolute atomic E-state index is 10.4. The monoisotopic (exact) mass is 1580 g/mol. The first kappa shape index (κ1) is 85.2. The molecule has 606 valence electrons. The average Bonchev–Trinajstić information content (AvgIpc) is 0.779. The maximum Gasteiger partial charge on any atom is 0.123 e. The predicted octanol–water partition coefficient (Wildman–Crippen LogP) is 26.9. The summed E-state index contributed by atoms with van der Waals surface area (Å²) in [6, 6.07) is 109. The van der Waals surface area contributed by atoms with Crippen molar-refractivity contribution >= 4 is 21.5 Å². The van der Waals surface area contributed by atoms with Crippen LogP contribution in [0.2, 0.25) is 0 Å². The summed E-state index contributed by atoms with van der Waals surface area (Å²) in [5.74, 6) is 3.12. The molecule has 0 unspecified atom stereocenters. The second kappa shape index (κ2) is 37.8. The molecule has 10 N–H and O–H groups in total. The Morgan fingerprint density at radius 2 is 0.538 bits per heavy atom. The molecule has 119 heavy (non-hydrogen) atoms. The summed E-state index contributed by atoms with van der Waals surface area (Å²) >= 11 is 0. The number of hydrogen-bond acceptors (Lipinski definition) is 10. The van der Waals surface area contributed by atoms with Crippen LogP contribution in [0.25, 0.3) is 43.8 Å². The molecule has 0 spiro atoms. The lowest BCUT2D eigenvalue weighted by Gasteiger charge is -2.39. The summed E-state index contributed by atoms with van der Waals surface area (Å²) in [6.45, 7) is 17.0. The number of phenolic OH excluding ortho intramolecular Hbond substituents is 10. The molecule has 0 aliphatic heterocycles. The van der Waals surface area contributed by atoms with Gasteiger partial charge in [-0.05, 0) is 237 Å². The summed E-state index contributed by atoms with van der Waals surface area (Å²) in [4.78, 5) is 0. The van der Waals surface area contributed by atoms with Gasteiger partial charge in [-0.3, -0.25) is 0 Å². The largest absolute Gasteiger partial charge is 0.508 e. The SMILES string of the molecule is CC(C)(c1ccc(O)c(-c2ccccc2)c1)c1ccc(O)c(-c2ccccc2)c1.CC(C)(c1ccc(O)cc1)c1cccc(C(C)(C)c2ccc(O)cc2)c1.Cc1cc(C2(c3ccc(O)c(C)c3)CCCCC2)ccc1O.Oc1ccc(C2(c3ccc(O)cc3)CCCCC2)cc1.Oc1ccc2ccccc2c1.Oc1cccc2ccccc12. The van der Waals surface area contributed by atoms with Crippen LogP contribution in [0, 0.1) is 13.8 Å². The van der Waals surface area contributed by atoms with E-state index < -0.39 is 0 Å². The Balaban J connectivity index is 0.000000135. The van der Waals surface area contributed by atoms with Crippen LogP contribution in [0.3, 0.4) is 0 Å². The molecule has 0 atom stereocenters. The van der Waals surface area contributed by atoms with Crippen LogP contribution in [0.5, 0.6) is 57.5 Å². The first-order valence-corrected chi connectivity index (χ1v) is 41.2. The van der Waals surface area contributed by atoms with E-state index in [4.69, 9.17) is 5.11 Å². The summed E-state index contributed by atoms with van der Waals surface area (Å²) in [5.41, 5.74) is 16.9. The minimum atomic E-state index is -0.311. The van der Waals surface area contributed by atoms with Crippen molar-refractivity contribution in [1.29, 1.82) is 0 Å². The fourth-order valence-corrected chi connectivity index (χ4v) is 16.8. The first-order valence-electron chi connectivity index (χ1n) is 41.2. The van der Waals surface area contributed by atoms with E-state index in [1.54, 1.807) is 78.9 Å². The van der Waals surface area contributed by atoms with Crippen molar-refractivity contribution in [2.45, 2.75) is 147 Å². The number of aromatic hydroxyl groups is 10. The fraction of sp³-hybridized carbons (Fsp3) is 0.211. The van der Waals surface area contributed by atoms with E-state index in [0.29, 0.717) is 34.5 Å². The van der Waals surface area contributed by atoms with Crippen LogP contribution in [-0.2, 0) is 27.1 Å². The van der Waals surface area contributed by atoms with Gasteiger partial charge in [0, 0.05) is 43.6 Å². The van der Waals surface area contributed by atoms with Crippen LogP contribution in [0.1, 0.15) is 173 Å². The Labute approximate surface area is 701 Å². The molecule has 10 heteroatoms. The molecule has 2 fully saturated rings. The molecule has 0 heterocycles. The van der Waals surface area contributed by atoms with Crippen LogP contribution >= 0.6 is 0 Å². The van der Waals surface area contributed by atoms with Crippen LogP contribution < -0.4 is 0 Å². The van der Waals surface area contributed by atoms with E-state index in [-0.39, 0.29) is 50.1 Å². The van der Waals surface area contributed by atoms with Crippen molar-refractivity contribution in [3.63, 3.8) is 0 Å². The molecule has 0 radical (unpaired) electrons. The standard InChI is InChI=1S/C27H24O2.C24H26O2.C20H24O2.C18H20O2.2C10H8O/c1-27(2,21-13-15-25(28)23(17-21)19-9-5-3-6-10-19)22-14-16-26(29)24(18-22)20-11-7-4-8-12-20;1-23(2,17-8-12-21(25)13-9-17)19-6-5-7-20(16-19)24(3,4)18-10-14-22(26)15-11-18;1-14-12-16(6-8-18(14)21)20(10-4-3-5-11-20)17-7-9-19(22)15(2)13-17;19-16-8-4-14(5-9-16)18(12-2-1-3-13-18)15-6-10-17(20)11-7-15;11-10-7-3-5-8-4-1-2-6-9(8)10;11-10-6-5-8-3-1-2-4-9(8)7-10/h3-18,28-29H,1-2H3;5-16,25-26H,1-4H3;6-9,12-13,21-22H,3-5,10-11H2,1-2H3;4-11,19-20H,1-3,12-13H2;2*1-7,11H. The van der Waals surface area contributed by atoms with Gasteiger partial charge < -0.3 is 51.1 Å². The highest BCUT2D eigenvalue weighted by Crippen LogP contribution is 2.49. The van der Waals surface area contributed by atoms with E-state index in [9.17, 15) is 46.0 Å². The topological polar surface area (TPSA) is 202 Å². The second-order valence-electron chi connectivity index (χ2n) is 33.2. The molecule has 10 nitrogen and oxygen atoms in total. The Hall–Kier alpha value is -13.2. The van der Waals surface area contributed by atoms with E-state index >= 15 is 0 Å². The van der Waals surface area contributed by atoms with Gasteiger partial charge in [-0.15, -0.1) is 0 Å². The third kappa shape index (κ3) is 20.3. The first-order chi connectivity index (χ1) is 57.1. The molecule has 0 amide bonds. The van der Waals surface area contributed by atoms with Gasteiger partial charge in [0.05, 0.1) is 0 Å². The minimum absolute atomic E-state index is 0.00910. The number of aryl methyl sites for hydroxylation is 2. The van der Waals surface area contributed by atoms with Crippen molar-refractivity contribution in [3.8, 4) is 79.7 Å². The highest BCUT2D eigenvalue weighted by molar-refractivity contribution is 5.88.